The molecule has 0 saturated carbocycles. The molecular weight excluding hydrogens is 612 g/mol. The third-order valence-electron chi connectivity index (χ3n) is 5.77. The second kappa shape index (κ2) is 14.3. The molecule has 0 spiro atoms. The van der Waals surface area contributed by atoms with E-state index in [2.05, 4.69) is 9.97 Å². The largest absolute Gasteiger partial charge is 0.480 e. The van der Waals surface area contributed by atoms with Gasteiger partial charge in [-0.25, -0.2) is 28.0 Å². The molecule has 0 radical (unpaired) electrons. The van der Waals surface area contributed by atoms with Crippen LogP contribution in [0.1, 0.15) is 18.2 Å². The number of nitrogen functional groups attached to an aromatic ring is 1. The van der Waals surface area contributed by atoms with E-state index in [0.717, 1.165) is 6.26 Å². The van der Waals surface area contributed by atoms with E-state index < -0.39 is 34.5 Å². The molecule has 0 aliphatic heterocycles. The lowest BCUT2D eigenvalue weighted by Crippen LogP contribution is -2.23. The van der Waals surface area contributed by atoms with Gasteiger partial charge in [0.2, 0.25) is 0 Å². The number of hydrogen-bond acceptors (Lipinski definition) is 10. The maximum Gasteiger partial charge on any atom is 0.344 e. The summed E-state index contributed by atoms with van der Waals surface area (Å²) in [6, 6.07) is 19.4. The van der Waals surface area contributed by atoms with E-state index in [0.29, 0.717) is 39.5 Å². The lowest BCUT2D eigenvalue weighted by molar-refractivity contribution is -0.144. The number of ether oxygens (including phenoxy) is 2. The highest BCUT2D eigenvalue weighted by molar-refractivity contribution is 7.90. The fourth-order valence-electron chi connectivity index (χ4n) is 3.65. The van der Waals surface area contributed by atoms with E-state index in [1.54, 1.807) is 49.4 Å². The smallest absolute Gasteiger partial charge is 0.344 e. The van der Waals surface area contributed by atoms with Crippen molar-refractivity contribution in [3.05, 3.63) is 83.0 Å². The Balaban J connectivity index is 0.000000244. The van der Waals surface area contributed by atoms with Crippen LogP contribution in [0.4, 0.5) is 5.82 Å². The summed E-state index contributed by atoms with van der Waals surface area (Å²) < 4.78 is 33.8. The van der Waals surface area contributed by atoms with Crippen LogP contribution in [0.15, 0.2) is 71.6 Å². The summed E-state index contributed by atoms with van der Waals surface area (Å²) in [6.45, 7) is 2.70. The summed E-state index contributed by atoms with van der Waals surface area (Å²) in [6.07, 6.45) is 0.0223. The molecule has 0 amide bonds. The van der Waals surface area contributed by atoms with E-state index in [4.69, 9.17) is 42.3 Å². The lowest BCUT2D eigenvalue weighted by Gasteiger charge is -2.15. The van der Waals surface area contributed by atoms with Crippen LogP contribution in [-0.2, 0) is 19.4 Å². The van der Waals surface area contributed by atoms with Crippen molar-refractivity contribution in [3.8, 4) is 40.1 Å². The summed E-state index contributed by atoms with van der Waals surface area (Å²) in [4.78, 5) is 30.2. The zero-order valence-corrected chi connectivity index (χ0v) is 25.3. The molecule has 0 fully saturated rings. The Morgan fingerprint density at radius 3 is 2.34 bits per heavy atom. The van der Waals surface area contributed by atoms with Crippen LogP contribution in [-0.4, -0.2) is 59.5 Å². The summed E-state index contributed by atoms with van der Waals surface area (Å²) in [5, 5.41) is 26.8. The molecular formula is C30H27ClN4O8S. The molecule has 2 aromatic carbocycles. The van der Waals surface area contributed by atoms with Crippen molar-refractivity contribution in [1.82, 2.24) is 9.97 Å². The zero-order chi connectivity index (χ0) is 32.6. The number of nitrogens with zero attached hydrogens (tertiary/aromatic N) is 3. The number of anilines is 1. The van der Waals surface area contributed by atoms with Crippen LogP contribution in [0.5, 0.6) is 11.5 Å². The van der Waals surface area contributed by atoms with Gasteiger partial charge in [0.05, 0.1) is 21.6 Å². The number of aromatic nitrogens is 2. The van der Waals surface area contributed by atoms with Crippen molar-refractivity contribution in [1.29, 1.82) is 5.26 Å². The predicted octanol–water partition coefficient (Wildman–Crippen LogP) is 4.63. The Labute approximate surface area is 258 Å². The topological polar surface area (TPSA) is 203 Å². The molecule has 4 aromatic rings. The number of carboxylic acid groups (broad SMARTS) is 2. The Hall–Kier alpha value is -5.19. The number of sulfone groups is 1. The van der Waals surface area contributed by atoms with Crippen LogP contribution in [0.2, 0.25) is 5.02 Å². The number of rotatable bonds is 9. The molecule has 0 aliphatic carbocycles. The molecule has 4 rings (SSSR count). The molecule has 2 heterocycles. The van der Waals surface area contributed by atoms with E-state index in [-0.39, 0.29) is 21.5 Å². The molecule has 0 saturated heterocycles. The van der Waals surface area contributed by atoms with Gasteiger partial charge < -0.3 is 25.4 Å². The number of carboxylic acids is 2. The first kappa shape index (κ1) is 33.3. The number of nitrogens with two attached hydrogens (primary N) is 1. The maximum absolute atomic E-state index is 11.6. The molecule has 228 valence electrons. The fraction of sp³-hybridized carbons (Fsp3) is 0.167. The Morgan fingerprint density at radius 2 is 1.73 bits per heavy atom. The van der Waals surface area contributed by atoms with Crippen LogP contribution < -0.4 is 15.2 Å². The highest BCUT2D eigenvalue weighted by atomic mass is 35.5. The summed E-state index contributed by atoms with van der Waals surface area (Å²) in [5.74, 6) is -1.36. The van der Waals surface area contributed by atoms with Gasteiger partial charge in [-0.15, -0.1) is 0 Å². The predicted molar refractivity (Wildman–Crippen MR) is 162 cm³/mol. The third kappa shape index (κ3) is 8.90. The van der Waals surface area contributed by atoms with Crippen molar-refractivity contribution >= 4 is 39.2 Å². The number of halogens is 1. The van der Waals surface area contributed by atoms with Crippen molar-refractivity contribution < 1.29 is 37.7 Å². The minimum Gasteiger partial charge on any atom is -0.480 e. The number of hydrogen-bond donors (Lipinski definition) is 3. The number of aryl methyl sites for hydroxylation is 1. The molecule has 2 aromatic heterocycles. The fourth-order valence-corrected chi connectivity index (χ4v) is 4.63. The van der Waals surface area contributed by atoms with Gasteiger partial charge in [-0.2, -0.15) is 5.26 Å². The molecule has 12 nitrogen and oxygen atoms in total. The van der Waals surface area contributed by atoms with Crippen LogP contribution in [0.3, 0.4) is 0 Å². The molecule has 44 heavy (non-hydrogen) atoms. The van der Waals surface area contributed by atoms with E-state index in [1.807, 2.05) is 6.07 Å². The number of benzene rings is 2. The van der Waals surface area contributed by atoms with E-state index >= 15 is 0 Å². The molecule has 14 heteroatoms. The zero-order valence-electron chi connectivity index (χ0n) is 23.7. The Kier molecular flexibility index (Phi) is 10.8. The summed E-state index contributed by atoms with van der Waals surface area (Å²) >= 11 is 6.22. The standard InChI is InChI=1S/C16H16ClNO5S.C14H11N3O3/c1-9-4-7-14(23-10(2)16(19)20)15(18-9)12-6-5-11(8-13(12)17)24(3,21)22;15-7-9-2-1-3-10(6-9)14-11(20-8-13(18)19)4-5-12(16)17-14/h4-8,10H,1-3H3,(H,19,20);1-6H,8H2,(H2,16,17)(H,18,19)/t10-;/m0./s1. The third-order valence-corrected chi connectivity index (χ3v) is 7.19. The quantitative estimate of drug-likeness (QED) is 0.230. The van der Waals surface area contributed by atoms with Crippen molar-refractivity contribution in [2.75, 3.05) is 18.6 Å². The normalized spacial score (nSPS) is 11.3. The van der Waals surface area contributed by atoms with Crippen molar-refractivity contribution in [2.24, 2.45) is 0 Å². The molecule has 4 N–H and O–H groups in total. The van der Waals surface area contributed by atoms with Gasteiger partial charge in [0.15, 0.2) is 22.5 Å². The average Bonchev–Trinajstić information content (AvgIpc) is 2.97. The van der Waals surface area contributed by atoms with Gasteiger partial charge >= 0.3 is 11.9 Å². The minimum atomic E-state index is -3.39. The molecule has 0 bridgehead atoms. The van der Waals surface area contributed by atoms with Crippen LogP contribution >= 0.6 is 11.6 Å². The number of pyridine rings is 2. The first-order chi connectivity index (χ1) is 20.7. The lowest BCUT2D eigenvalue weighted by atomic mass is 10.1. The second-order valence-electron chi connectivity index (χ2n) is 9.27. The van der Waals surface area contributed by atoms with Gasteiger partial charge in [0.1, 0.15) is 28.7 Å². The molecule has 0 aliphatic rings. The maximum atomic E-state index is 11.6. The van der Waals surface area contributed by atoms with Crippen molar-refractivity contribution in [2.45, 2.75) is 24.8 Å². The van der Waals surface area contributed by atoms with Crippen molar-refractivity contribution in [3.63, 3.8) is 0 Å². The first-order valence-electron chi connectivity index (χ1n) is 12.7. The number of aliphatic carboxylic acids is 2. The first-order valence-corrected chi connectivity index (χ1v) is 14.9. The van der Waals surface area contributed by atoms with Crippen LogP contribution in [0.25, 0.3) is 22.5 Å². The molecule has 1 atom stereocenters. The molecule has 0 unspecified atom stereocenters. The number of nitriles is 1. The van der Waals surface area contributed by atoms with E-state index in [9.17, 15) is 18.0 Å². The average molecular weight is 639 g/mol. The van der Waals surface area contributed by atoms with Gasteiger partial charge in [-0.3, -0.25) is 0 Å². The Bertz CT molecular complexity index is 1860. The highest BCUT2D eigenvalue weighted by Gasteiger charge is 2.19. The van der Waals surface area contributed by atoms with Gasteiger partial charge in [0.25, 0.3) is 0 Å². The monoisotopic (exact) mass is 638 g/mol. The van der Waals surface area contributed by atoms with Crippen LogP contribution in [0, 0.1) is 18.3 Å². The van der Waals surface area contributed by atoms with E-state index in [1.165, 1.54) is 31.2 Å². The SMILES string of the molecule is Cc1ccc(O[C@@H](C)C(=O)O)c(-c2ccc(S(C)(=O)=O)cc2Cl)n1.N#Cc1cccc(-c2nc(N)ccc2OCC(=O)O)c1. The minimum absolute atomic E-state index is 0.0882. The second-order valence-corrected chi connectivity index (χ2v) is 11.7. The Morgan fingerprint density at radius 1 is 1.02 bits per heavy atom. The number of carbonyl (C=O) groups is 2. The van der Waals surface area contributed by atoms with Gasteiger partial charge in [-0.1, -0.05) is 23.7 Å². The summed E-state index contributed by atoms with van der Waals surface area (Å²) in [5.41, 5.74) is 8.65. The van der Waals surface area contributed by atoms with Gasteiger partial charge in [0, 0.05) is 23.1 Å². The highest BCUT2D eigenvalue weighted by Crippen LogP contribution is 2.35. The summed E-state index contributed by atoms with van der Waals surface area (Å²) in [7, 11) is -3.39. The van der Waals surface area contributed by atoms with Gasteiger partial charge in [-0.05, 0) is 68.4 Å².